The van der Waals surface area contributed by atoms with Gasteiger partial charge in [0.05, 0.1) is 11.9 Å². The summed E-state index contributed by atoms with van der Waals surface area (Å²) < 4.78 is 0. The van der Waals surface area contributed by atoms with E-state index in [9.17, 15) is 10.2 Å². The van der Waals surface area contributed by atoms with Crippen molar-refractivity contribution in [1.82, 2.24) is 0 Å². The SMILES string of the molecule is CCCCCC(O)CCC1CCC2CC3=C(O)CCC=C3CC12. The molecular weight excluding hydrogens is 284 g/mol. The van der Waals surface area contributed by atoms with Crippen LogP contribution in [0.5, 0.6) is 0 Å². The van der Waals surface area contributed by atoms with Crippen molar-refractivity contribution in [2.75, 3.05) is 0 Å². The molecule has 3 rings (SSSR count). The molecule has 4 atom stereocenters. The van der Waals surface area contributed by atoms with Gasteiger partial charge in [-0.3, -0.25) is 0 Å². The van der Waals surface area contributed by atoms with Gasteiger partial charge in [0.1, 0.15) is 0 Å². The molecule has 0 bridgehead atoms. The van der Waals surface area contributed by atoms with E-state index in [0.29, 0.717) is 5.76 Å². The molecule has 0 aromatic rings. The van der Waals surface area contributed by atoms with Crippen molar-refractivity contribution in [1.29, 1.82) is 0 Å². The topological polar surface area (TPSA) is 40.5 Å². The van der Waals surface area contributed by atoms with Crippen LogP contribution < -0.4 is 0 Å². The first-order chi connectivity index (χ1) is 11.2. The summed E-state index contributed by atoms with van der Waals surface area (Å²) in [6.07, 6.45) is 15.9. The van der Waals surface area contributed by atoms with Gasteiger partial charge >= 0.3 is 0 Å². The minimum Gasteiger partial charge on any atom is -0.512 e. The third-order valence-electron chi connectivity index (χ3n) is 6.56. The van der Waals surface area contributed by atoms with Crippen molar-refractivity contribution in [2.45, 2.75) is 90.1 Å². The monoisotopic (exact) mass is 318 g/mol. The summed E-state index contributed by atoms with van der Waals surface area (Å²) in [5.74, 6) is 3.06. The lowest BCUT2D eigenvalue weighted by molar-refractivity contribution is 0.134. The van der Waals surface area contributed by atoms with Crippen LogP contribution in [0.25, 0.3) is 0 Å². The highest BCUT2D eigenvalue weighted by Crippen LogP contribution is 2.52. The Hall–Kier alpha value is -0.760. The van der Waals surface area contributed by atoms with E-state index in [2.05, 4.69) is 13.0 Å². The summed E-state index contributed by atoms with van der Waals surface area (Å²) >= 11 is 0. The van der Waals surface area contributed by atoms with Gasteiger partial charge in [-0.1, -0.05) is 32.3 Å². The summed E-state index contributed by atoms with van der Waals surface area (Å²) in [6, 6.07) is 0. The Morgan fingerprint density at radius 2 is 2.04 bits per heavy atom. The number of hydrogen-bond acceptors (Lipinski definition) is 2. The molecule has 4 unspecified atom stereocenters. The van der Waals surface area contributed by atoms with Gasteiger partial charge in [0.15, 0.2) is 0 Å². The molecule has 2 saturated carbocycles. The van der Waals surface area contributed by atoms with Crippen LogP contribution in [-0.2, 0) is 0 Å². The van der Waals surface area contributed by atoms with E-state index >= 15 is 0 Å². The van der Waals surface area contributed by atoms with Crippen LogP contribution in [0.1, 0.15) is 84.0 Å². The van der Waals surface area contributed by atoms with E-state index in [4.69, 9.17) is 0 Å². The summed E-state index contributed by atoms with van der Waals surface area (Å²) in [5.41, 5.74) is 2.74. The Bertz CT molecular complexity index is 462. The van der Waals surface area contributed by atoms with Crippen molar-refractivity contribution < 1.29 is 10.2 Å². The summed E-state index contributed by atoms with van der Waals surface area (Å²) in [7, 11) is 0. The zero-order valence-electron chi connectivity index (χ0n) is 14.8. The van der Waals surface area contributed by atoms with Crippen molar-refractivity contribution >= 4 is 0 Å². The fourth-order valence-corrected chi connectivity index (χ4v) is 5.18. The third kappa shape index (κ3) is 4.02. The summed E-state index contributed by atoms with van der Waals surface area (Å²) in [5, 5.41) is 20.4. The maximum Gasteiger partial charge on any atom is 0.0960 e. The van der Waals surface area contributed by atoms with Crippen molar-refractivity contribution in [3.63, 3.8) is 0 Å². The average molecular weight is 319 g/mol. The van der Waals surface area contributed by atoms with Crippen LogP contribution in [0.15, 0.2) is 23.0 Å². The van der Waals surface area contributed by atoms with E-state index in [1.54, 1.807) is 0 Å². The van der Waals surface area contributed by atoms with E-state index in [-0.39, 0.29) is 6.10 Å². The molecule has 0 radical (unpaired) electrons. The summed E-state index contributed by atoms with van der Waals surface area (Å²) in [6.45, 7) is 2.22. The minimum absolute atomic E-state index is 0.0856. The number of aliphatic hydroxyl groups excluding tert-OH is 2. The number of fused-ring (bicyclic) bond motifs is 2. The second-order valence-electron chi connectivity index (χ2n) is 8.09. The zero-order valence-corrected chi connectivity index (χ0v) is 14.8. The zero-order chi connectivity index (χ0) is 16.2. The maximum absolute atomic E-state index is 10.2. The number of hydrogen-bond donors (Lipinski definition) is 2. The van der Waals surface area contributed by atoms with Gasteiger partial charge in [-0.25, -0.2) is 0 Å². The highest BCUT2D eigenvalue weighted by Gasteiger charge is 2.41. The Morgan fingerprint density at radius 3 is 2.87 bits per heavy atom. The molecule has 0 aliphatic heterocycles. The Kier molecular flexibility index (Phi) is 5.85. The molecule has 0 saturated heterocycles. The predicted molar refractivity (Wildman–Crippen MR) is 95.3 cm³/mol. The molecule has 130 valence electrons. The molecule has 0 aromatic heterocycles. The van der Waals surface area contributed by atoms with Crippen LogP contribution in [0.3, 0.4) is 0 Å². The fraction of sp³-hybridized carbons (Fsp3) is 0.810. The molecule has 0 spiro atoms. The van der Waals surface area contributed by atoms with Crippen LogP contribution >= 0.6 is 0 Å². The lowest BCUT2D eigenvalue weighted by atomic mass is 9.70. The molecule has 2 nitrogen and oxygen atoms in total. The van der Waals surface area contributed by atoms with E-state index < -0.39 is 0 Å². The lowest BCUT2D eigenvalue weighted by Crippen LogP contribution is -2.24. The molecule has 23 heavy (non-hydrogen) atoms. The van der Waals surface area contributed by atoms with Crippen molar-refractivity contribution in [3.05, 3.63) is 23.0 Å². The standard InChI is InChI=1S/C21H34O2/c1-2-3-4-7-18(22)12-11-15-9-10-17-14-20-16(13-19(15)17)6-5-8-21(20)23/h6,15,17-19,22-23H,2-5,7-14H2,1H3. The van der Waals surface area contributed by atoms with Gasteiger partial charge in [0.25, 0.3) is 0 Å². The Labute approximate surface area is 141 Å². The number of allylic oxidation sites excluding steroid dienone is 4. The number of unbranched alkanes of at least 4 members (excludes halogenated alkanes) is 2. The predicted octanol–water partition coefficient (Wildman–Crippen LogP) is 5.68. The van der Waals surface area contributed by atoms with Crippen LogP contribution in [0.2, 0.25) is 0 Å². The number of aliphatic hydroxyl groups is 2. The second kappa shape index (κ2) is 7.88. The largest absolute Gasteiger partial charge is 0.512 e. The molecule has 2 N–H and O–H groups in total. The summed E-state index contributed by atoms with van der Waals surface area (Å²) in [4.78, 5) is 0. The average Bonchev–Trinajstić information content (AvgIpc) is 2.94. The van der Waals surface area contributed by atoms with Gasteiger partial charge in [-0.15, -0.1) is 0 Å². The van der Waals surface area contributed by atoms with E-state index in [1.807, 2.05) is 0 Å². The first-order valence-electron chi connectivity index (χ1n) is 9.97. The molecule has 2 heteroatoms. The molecule has 3 aliphatic rings. The highest BCUT2D eigenvalue weighted by molar-refractivity contribution is 5.39. The van der Waals surface area contributed by atoms with Crippen molar-refractivity contribution in [3.8, 4) is 0 Å². The Morgan fingerprint density at radius 1 is 1.17 bits per heavy atom. The van der Waals surface area contributed by atoms with Crippen LogP contribution in [0.4, 0.5) is 0 Å². The van der Waals surface area contributed by atoms with Gasteiger partial charge in [-0.05, 0) is 80.3 Å². The fourth-order valence-electron chi connectivity index (χ4n) is 5.18. The smallest absolute Gasteiger partial charge is 0.0960 e. The minimum atomic E-state index is -0.0856. The first-order valence-corrected chi connectivity index (χ1v) is 9.97. The van der Waals surface area contributed by atoms with E-state index in [1.165, 1.54) is 56.1 Å². The van der Waals surface area contributed by atoms with Crippen molar-refractivity contribution in [2.24, 2.45) is 17.8 Å². The second-order valence-corrected chi connectivity index (χ2v) is 8.09. The van der Waals surface area contributed by atoms with Gasteiger partial charge in [0.2, 0.25) is 0 Å². The maximum atomic E-state index is 10.2. The van der Waals surface area contributed by atoms with Crippen LogP contribution in [-0.4, -0.2) is 16.3 Å². The van der Waals surface area contributed by atoms with Gasteiger partial charge < -0.3 is 10.2 Å². The third-order valence-corrected chi connectivity index (χ3v) is 6.56. The lowest BCUT2D eigenvalue weighted by Gasteiger charge is -2.35. The van der Waals surface area contributed by atoms with Gasteiger partial charge in [-0.2, -0.15) is 0 Å². The number of rotatable bonds is 7. The Balaban J connectivity index is 1.51. The normalized spacial score (nSPS) is 31.6. The molecule has 0 heterocycles. The van der Waals surface area contributed by atoms with Crippen LogP contribution in [0, 0.1) is 17.8 Å². The molecular formula is C21H34O2. The molecule has 3 aliphatic carbocycles. The quantitative estimate of drug-likeness (QED) is 0.593. The first kappa shape index (κ1) is 17.1. The molecule has 2 fully saturated rings. The molecule has 0 amide bonds. The van der Waals surface area contributed by atoms with Gasteiger partial charge in [0, 0.05) is 6.42 Å². The molecule has 0 aromatic carbocycles. The highest BCUT2D eigenvalue weighted by atomic mass is 16.3. The van der Waals surface area contributed by atoms with E-state index in [0.717, 1.165) is 49.9 Å².